The molecule has 1 heterocycles. The number of anilines is 1. The van der Waals surface area contributed by atoms with Crippen molar-refractivity contribution < 1.29 is 0 Å². The fourth-order valence-electron chi connectivity index (χ4n) is 1.99. The molecule has 0 saturated carbocycles. The van der Waals surface area contributed by atoms with Crippen molar-refractivity contribution in [2.24, 2.45) is 12.8 Å². The summed E-state index contributed by atoms with van der Waals surface area (Å²) < 4.78 is 2.85. The van der Waals surface area contributed by atoms with Crippen molar-refractivity contribution in [2.75, 3.05) is 11.9 Å². The molecule has 2 aromatic rings. The van der Waals surface area contributed by atoms with Gasteiger partial charge in [-0.25, -0.2) is 0 Å². The molecule has 1 atom stereocenters. The van der Waals surface area contributed by atoms with E-state index in [9.17, 15) is 0 Å². The molecule has 5 heteroatoms. The van der Waals surface area contributed by atoms with Crippen molar-refractivity contribution in [3.05, 3.63) is 46.2 Å². The van der Waals surface area contributed by atoms with Gasteiger partial charge in [-0.1, -0.05) is 12.1 Å². The molecule has 4 nitrogen and oxygen atoms in total. The lowest BCUT2D eigenvalue weighted by atomic mass is 10.1. The fourth-order valence-corrected chi connectivity index (χ4v) is 2.39. The average molecular weight is 309 g/mol. The molecule has 0 bridgehead atoms. The highest BCUT2D eigenvalue weighted by molar-refractivity contribution is 9.10. The molecule has 0 spiro atoms. The largest absolute Gasteiger partial charge is 0.376 e. The Balaban J connectivity index is 2.25. The van der Waals surface area contributed by atoms with Crippen LogP contribution in [0.2, 0.25) is 0 Å². The number of nitrogens with two attached hydrogens (primary N) is 1. The Morgan fingerprint density at radius 1 is 1.44 bits per heavy atom. The van der Waals surface area contributed by atoms with Gasteiger partial charge in [0, 0.05) is 35.5 Å². The molecule has 3 N–H and O–H groups in total. The molecule has 0 amide bonds. The molecule has 0 radical (unpaired) electrons. The maximum Gasteiger partial charge on any atom is 0.0670 e. The Kier molecular flexibility index (Phi) is 4.04. The number of halogens is 1. The van der Waals surface area contributed by atoms with Gasteiger partial charge in [0.05, 0.1) is 11.7 Å². The topological polar surface area (TPSA) is 55.9 Å². The van der Waals surface area contributed by atoms with Crippen LogP contribution in [-0.2, 0) is 7.05 Å². The van der Waals surface area contributed by atoms with Crippen LogP contribution in [0, 0.1) is 6.92 Å². The second-order valence-electron chi connectivity index (χ2n) is 4.26. The van der Waals surface area contributed by atoms with E-state index in [1.807, 2.05) is 49.1 Å². The Bertz CT molecular complexity index is 536. The first-order valence-corrected chi connectivity index (χ1v) is 6.62. The van der Waals surface area contributed by atoms with Crippen LogP contribution < -0.4 is 11.1 Å². The number of nitrogens with one attached hydrogen (secondary N) is 1. The predicted molar refractivity (Wildman–Crippen MR) is 77.5 cm³/mol. The van der Waals surface area contributed by atoms with E-state index >= 15 is 0 Å². The summed E-state index contributed by atoms with van der Waals surface area (Å²) in [4.78, 5) is 0. The van der Waals surface area contributed by atoms with Gasteiger partial charge in [0.1, 0.15) is 0 Å². The van der Waals surface area contributed by atoms with E-state index in [0.29, 0.717) is 6.54 Å². The summed E-state index contributed by atoms with van der Waals surface area (Å²) in [5.74, 6) is 0. The third-order valence-electron chi connectivity index (χ3n) is 2.87. The van der Waals surface area contributed by atoms with Gasteiger partial charge in [-0.05, 0) is 35.0 Å². The van der Waals surface area contributed by atoms with Gasteiger partial charge in [-0.15, -0.1) is 0 Å². The number of benzene rings is 1. The van der Waals surface area contributed by atoms with Crippen LogP contribution in [0.5, 0.6) is 0 Å². The average Bonchev–Trinajstić information content (AvgIpc) is 2.67. The fraction of sp³-hybridized carbons (Fsp3) is 0.308. The lowest BCUT2D eigenvalue weighted by molar-refractivity contribution is 0.754. The number of para-hydroxylation sites is 1. The van der Waals surface area contributed by atoms with Crippen molar-refractivity contribution >= 4 is 21.6 Å². The maximum absolute atomic E-state index is 5.87. The second-order valence-corrected chi connectivity index (χ2v) is 5.11. The standard InChI is InChI=1S/C13H17BrN4/c1-9-10(8-18(2)17-9)13(7-15)16-12-6-4-3-5-11(12)14/h3-6,8,13,16H,7,15H2,1-2H3. The molecule has 1 aromatic heterocycles. The summed E-state index contributed by atoms with van der Waals surface area (Å²) in [6.07, 6.45) is 2.01. The van der Waals surface area contributed by atoms with E-state index in [2.05, 4.69) is 26.3 Å². The van der Waals surface area contributed by atoms with Crippen LogP contribution >= 0.6 is 15.9 Å². The van der Waals surface area contributed by atoms with E-state index in [0.717, 1.165) is 21.4 Å². The van der Waals surface area contributed by atoms with E-state index in [-0.39, 0.29) is 6.04 Å². The monoisotopic (exact) mass is 308 g/mol. The quantitative estimate of drug-likeness (QED) is 0.913. The lowest BCUT2D eigenvalue weighted by Crippen LogP contribution is -2.21. The van der Waals surface area contributed by atoms with Crippen molar-refractivity contribution in [3.8, 4) is 0 Å². The highest BCUT2D eigenvalue weighted by Gasteiger charge is 2.15. The highest BCUT2D eigenvalue weighted by Crippen LogP contribution is 2.26. The molecule has 96 valence electrons. The van der Waals surface area contributed by atoms with E-state index in [4.69, 9.17) is 5.73 Å². The smallest absolute Gasteiger partial charge is 0.0670 e. The molecular formula is C13H17BrN4. The SMILES string of the molecule is Cc1nn(C)cc1C(CN)Nc1ccccc1Br. The van der Waals surface area contributed by atoms with E-state index in [1.54, 1.807) is 0 Å². The Hall–Kier alpha value is -1.33. The van der Waals surface area contributed by atoms with E-state index in [1.165, 1.54) is 0 Å². The molecular weight excluding hydrogens is 292 g/mol. The van der Waals surface area contributed by atoms with Gasteiger partial charge in [0.25, 0.3) is 0 Å². The molecule has 0 aliphatic heterocycles. The molecule has 0 saturated heterocycles. The second kappa shape index (κ2) is 5.54. The zero-order chi connectivity index (χ0) is 13.1. The molecule has 1 aromatic carbocycles. The summed E-state index contributed by atoms with van der Waals surface area (Å²) in [5, 5.41) is 7.80. The Morgan fingerprint density at radius 2 is 2.17 bits per heavy atom. The summed E-state index contributed by atoms with van der Waals surface area (Å²) in [6, 6.07) is 8.08. The van der Waals surface area contributed by atoms with Crippen LogP contribution in [0.15, 0.2) is 34.9 Å². The lowest BCUT2D eigenvalue weighted by Gasteiger charge is -2.18. The minimum atomic E-state index is 0.0670. The zero-order valence-electron chi connectivity index (χ0n) is 10.5. The first-order valence-electron chi connectivity index (χ1n) is 5.83. The number of aromatic nitrogens is 2. The first-order chi connectivity index (χ1) is 8.61. The molecule has 2 rings (SSSR count). The number of rotatable bonds is 4. The number of nitrogens with zero attached hydrogens (tertiary/aromatic N) is 2. The number of hydrogen-bond donors (Lipinski definition) is 2. The third-order valence-corrected chi connectivity index (χ3v) is 3.56. The van der Waals surface area contributed by atoms with Crippen LogP contribution in [0.3, 0.4) is 0 Å². The van der Waals surface area contributed by atoms with Gasteiger partial charge < -0.3 is 11.1 Å². The Morgan fingerprint density at radius 3 is 2.72 bits per heavy atom. The third kappa shape index (κ3) is 2.73. The first kappa shape index (κ1) is 13.1. The van der Waals surface area contributed by atoms with Crippen LogP contribution in [0.1, 0.15) is 17.3 Å². The summed E-state index contributed by atoms with van der Waals surface area (Å²) in [7, 11) is 1.92. The zero-order valence-corrected chi connectivity index (χ0v) is 12.1. The molecule has 1 unspecified atom stereocenters. The van der Waals surface area contributed by atoms with Crippen molar-refractivity contribution in [1.29, 1.82) is 0 Å². The van der Waals surface area contributed by atoms with Crippen molar-refractivity contribution in [1.82, 2.24) is 9.78 Å². The van der Waals surface area contributed by atoms with Crippen molar-refractivity contribution in [3.63, 3.8) is 0 Å². The summed E-state index contributed by atoms with van der Waals surface area (Å²) in [5.41, 5.74) is 9.05. The molecule has 18 heavy (non-hydrogen) atoms. The molecule has 0 aliphatic carbocycles. The highest BCUT2D eigenvalue weighted by atomic mass is 79.9. The van der Waals surface area contributed by atoms with E-state index < -0.39 is 0 Å². The summed E-state index contributed by atoms with van der Waals surface area (Å²) >= 11 is 3.53. The predicted octanol–water partition coefficient (Wildman–Crippen LogP) is 2.60. The van der Waals surface area contributed by atoms with Gasteiger partial charge >= 0.3 is 0 Å². The Labute approximate surface area is 115 Å². The minimum Gasteiger partial charge on any atom is -0.376 e. The minimum absolute atomic E-state index is 0.0670. The summed E-state index contributed by atoms with van der Waals surface area (Å²) in [6.45, 7) is 2.52. The normalized spacial score (nSPS) is 12.4. The van der Waals surface area contributed by atoms with Crippen LogP contribution in [0.25, 0.3) is 0 Å². The van der Waals surface area contributed by atoms with Gasteiger partial charge in [-0.3, -0.25) is 4.68 Å². The van der Waals surface area contributed by atoms with Crippen LogP contribution in [-0.4, -0.2) is 16.3 Å². The van der Waals surface area contributed by atoms with Gasteiger partial charge in [0.2, 0.25) is 0 Å². The molecule has 0 fully saturated rings. The molecule has 0 aliphatic rings. The van der Waals surface area contributed by atoms with Gasteiger partial charge in [0.15, 0.2) is 0 Å². The number of aryl methyl sites for hydroxylation is 2. The van der Waals surface area contributed by atoms with Crippen LogP contribution in [0.4, 0.5) is 5.69 Å². The maximum atomic E-state index is 5.87. The van der Waals surface area contributed by atoms with Crippen molar-refractivity contribution in [2.45, 2.75) is 13.0 Å². The number of hydrogen-bond acceptors (Lipinski definition) is 3. The van der Waals surface area contributed by atoms with Gasteiger partial charge in [-0.2, -0.15) is 5.10 Å².